The van der Waals surface area contributed by atoms with Gasteiger partial charge in [-0.3, -0.25) is 0 Å². The van der Waals surface area contributed by atoms with Gasteiger partial charge in [-0.25, -0.2) is 4.79 Å². The Morgan fingerprint density at radius 1 is 1.25 bits per heavy atom. The van der Waals surface area contributed by atoms with Crippen LogP contribution < -0.4 is 10.6 Å². The first-order valence-corrected chi connectivity index (χ1v) is 7.46. The average Bonchev–Trinajstić information content (AvgIpc) is 2.45. The van der Waals surface area contributed by atoms with Gasteiger partial charge < -0.3 is 10.6 Å². The Bertz CT molecular complexity index is 506. The monoisotopic (exact) mass is 272 g/mol. The van der Waals surface area contributed by atoms with Gasteiger partial charge in [-0.1, -0.05) is 23.8 Å². The minimum absolute atomic E-state index is 0.116. The first-order chi connectivity index (χ1) is 9.66. The highest BCUT2D eigenvalue weighted by molar-refractivity contribution is 5.90. The Hall–Kier alpha value is -1.77. The second kappa shape index (κ2) is 7.13. The van der Waals surface area contributed by atoms with Gasteiger partial charge in [0, 0.05) is 12.2 Å². The highest BCUT2D eigenvalue weighted by Crippen LogP contribution is 2.20. The van der Waals surface area contributed by atoms with Crippen LogP contribution in [0.25, 0.3) is 0 Å². The lowest BCUT2D eigenvalue weighted by molar-refractivity contribution is 0.252. The van der Waals surface area contributed by atoms with Crippen molar-refractivity contribution in [3.63, 3.8) is 0 Å². The maximum Gasteiger partial charge on any atom is 0.319 e. The number of hydrogen-bond acceptors (Lipinski definition) is 1. The van der Waals surface area contributed by atoms with Crippen LogP contribution in [-0.2, 0) is 0 Å². The maximum atomic E-state index is 11.9. The predicted molar refractivity (Wildman–Crippen MR) is 84.1 cm³/mol. The quantitative estimate of drug-likeness (QED) is 0.788. The van der Waals surface area contributed by atoms with E-state index in [4.69, 9.17) is 0 Å². The molecule has 1 aliphatic carbocycles. The lowest BCUT2D eigenvalue weighted by atomic mass is 9.97. The molecule has 20 heavy (non-hydrogen) atoms. The predicted octanol–water partition coefficient (Wildman–Crippen LogP) is 4.32. The summed E-state index contributed by atoms with van der Waals surface area (Å²) in [6.07, 6.45) is 8.29. The maximum absolute atomic E-state index is 11.9. The number of carbonyl (C=O) groups excluding carboxylic acids is 1. The number of benzene rings is 1. The van der Waals surface area contributed by atoms with E-state index in [0.29, 0.717) is 6.54 Å². The van der Waals surface area contributed by atoms with Crippen LogP contribution in [0.1, 0.15) is 43.2 Å². The summed E-state index contributed by atoms with van der Waals surface area (Å²) in [7, 11) is 0. The number of hydrogen-bond donors (Lipinski definition) is 2. The summed E-state index contributed by atoms with van der Waals surface area (Å²) < 4.78 is 0. The van der Waals surface area contributed by atoms with Crippen LogP contribution in [0.3, 0.4) is 0 Å². The second-order valence-corrected chi connectivity index (χ2v) is 5.49. The van der Waals surface area contributed by atoms with Crippen LogP contribution in [0.2, 0.25) is 0 Å². The van der Waals surface area contributed by atoms with Crippen LogP contribution in [0.4, 0.5) is 10.5 Å². The zero-order valence-electron chi connectivity index (χ0n) is 12.5. The van der Waals surface area contributed by atoms with Gasteiger partial charge in [0.25, 0.3) is 0 Å². The molecule has 2 N–H and O–H groups in total. The van der Waals surface area contributed by atoms with Crippen molar-refractivity contribution in [2.75, 3.05) is 11.9 Å². The van der Waals surface area contributed by atoms with Crippen molar-refractivity contribution >= 4 is 11.7 Å². The van der Waals surface area contributed by atoms with Crippen LogP contribution in [0.5, 0.6) is 0 Å². The summed E-state index contributed by atoms with van der Waals surface area (Å²) in [6, 6.07) is 5.83. The zero-order chi connectivity index (χ0) is 14.4. The molecule has 2 amide bonds. The second-order valence-electron chi connectivity index (χ2n) is 5.49. The molecule has 0 atom stereocenters. The summed E-state index contributed by atoms with van der Waals surface area (Å²) in [5.74, 6) is 0. The van der Waals surface area contributed by atoms with Gasteiger partial charge in [-0.2, -0.15) is 0 Å². The topological polar surface area (TPSA) is 41.1 Å². The van der Waals surface area contributed by atoms with E-state index in [2.05, 4.69) is 16.7 Å². The van der Waals surface area contributed by atoms with Gasteiger partial charge in [0.1, 0.15) is 0 Å². The van der Waals surface area contributed by atoms with E-state index in [0.717, 1.165) is 17.7 Å². The molecule has 108 valence electrons. The number of nitrogens with one attached hydrogen (secondary N) is 2. The van der Waals surface area contributed by atoms with Crippen LogP contribution in [0, 0.1) is 13.8 Å². The minimum atomic E-state index is -0.116. The fourth-order valence-electron chi connectivity index (χ4n) is 2.52. The van der Waals surface area contributed by atoms with E-state index < -0.39 is 0 Å². The molecule has 1 aromatic carbocycles. The molecule has 0 saturated heterocycles. The van der Waals surface area contributed by atoms with Gasteiger partial charge in [0.15, 0.2) is 0 Å². The molecule has 3 nitrogen and oxygen atoms in total. The number of rotatable bonds is 4. The third-order valence-electron chi connectivity index (χ3n) is 3.97. The normalized spacial score (nSPS) is 14.6. The summed E-state index contributed by atoms with van der Waals surface area (Å²) in [4.78, 5) is 11.9. The van der Waals surface area contributed by atoms with E-state index in [1.165, 1.54) is 36.8 Å². The third kappa shape index (κ3) is 4.12. The van der Waals surface area contributed by atoms with Crippen molar-refractivity contribution in [2.45, 2.75) is 46.0 Å². The lowest BCUT2D eigenvalue weighted by Gasteiger charge is -2.14. The molecule has 1 aromatic rings. The van der Waals surface area contributed by atoms with Crippen molar-refractivity contribution in [1.29, 1.82) is 0 Å². The number of urea groups is 1. The summed E-state index contributed by atoms with van der Waals surface area (Å²) >= 11 is 0. The van der Waals surface area contributed by atoms with Crippen LogP contribution >= 0.6 is 0 Å². The molecule has 0 fully saturated rings. The molecule has 0 radical (unpaired) electrons. The first-order valence-electron chi connectivity index (χ1n) is 7.46. The van der Waals surface area contributed by atoms with Crippen LogP contribution in [0.15, 0.2) is 29.8 Å². The SMILES string of the molecule is Cc1cccc(NC(=O)NCCC2=CCCCC2)c1C. The van der Waals surface area contributed by atoms with Gasteiger partial charge in [0.05, 0.1) is 0 Å². The summed E-state index contributed by atoms with van der Waals surface area (Å²) in [5, 5.41) is 5.85. The molecule has 0 unspecified atom stereocenters. The number of allylic oxidation sites excluding steroid dienone is 1. The molecule has 0 aromatic heterocycles. The highest BCUT2D eigenvalue weighted by atomic mass is 16.2. The molecular weight excluding hydrogens is 248 g/mol. The molecule has 0 aliphatic heterocycles. The summed E-state index contributed by atoms with van der Waals surface area (Å²) in [5.41, 5.74) is 4.69. The van der Waals surface area contributed by atoms with Crippen molar-refractivity contribution in [2.24, 2.45) is 0 Å². The molecule has 0 heterocycles. The minimum Gasteiger partial charge on any atom is -0.338 e. The lowest BCUT2D eigenvalue weighted by Crippen LogP contribution is -2.30. The standard InChI is InChI=1S/C17H24N2O/c1-13-7-6-10-16(14(13)2)19-17(20)18-12-11-15-8-4-3-5-9-15/h6-8,10H,3-5,9,11-12H2,1-2H3,(H2,18,19,20). The number of carbonyl (C=O) groups is 1. The molecule has 0 spiro atoms. The van der Waals surface area contributed by atoms with E-state index in [1.807, 2.05) is 32.0 Å². The van der Waals surface area contributed by atoms with E-state index in [-0.39, 0.29) is 6.03 Å². The van der Waals surface area contributed by atoms with Gasteiger partial charge in [0.2, 0.25) is 0 Å². The zero-order valence-corrected chi connectivity index (χ0v) is 12.5. The Balaban J connectivity index is 1.78. The number of anilines is 1. The van der Waals surface area contributed by atoms with Crippen molar-refractivity contribution in [3.8, 4) is 0 Å². The van der Waals surface area contributed by atoms with Gasteiger partial charge in [-0.05, 0) is 63.1 Å². The van der Waals surface area contributed by atoms with Crippen molar-refractivity contribution in [3.05, 3.63) is 41.0 Å². The Morgan fingerprint density at radius 2 is 2.10 bits per heavy atom. The number of aryl methyl sites for hydroxylation is 1. The average molecular weight is 272 g/mol. The van der Waals surface area contributed by atoms with E-state index in [9.17, 15) is 4.79 Å². The molecule has 0 saturated carbocycles. The van der Waals surface area contributed by atoms with Crippen molar-refractivity contribution < 1.29 is 4.79 Å². The Labute approximate surface area is 121 Å². The molecule has 2 rings (SSSR count). The Kier molecular flexibility index (Phi) is 5.22. The van der Waals surface area contributed by atoms with Crippen LogP contribution in [-0.4, -0.2) is 12.6 Å². The van der Waals surface area contributed by atoms with Gasteiger partial charge >= 0.3 is 6.03 Å². The van der Waals surface area contributed by atoms with E-state index in [1.54, 1.807) is 0 Å². The molecular formula is C17H24N2O. The smallest absolute Gasteiger partial charge is 0.319 e. The number of amides is 2. The summed E-state index contributed by atoms with van der Waals surface area (Å²) in [6.45, 7) is 4.79. The fraction of sp³-hybridized carbons (Fsp3) is 0.471. The molecule has 0 bridgehead atoms. The molecule has 1 aliphatic rings. The van der Waals surface area contributed by atoms with Crippen molar-refractivity contribution in [1.82, 2.24) is 5.32 Å². The molecule has 3 heteroatoms. The Morgan fingerprint density at radius 3 is 2.85 bits per heavy atom. The first kappa shape index (κ1) is 14.6. The van der Waals surface area contributed by atoms with Gasteiger partial charge in [-0.15, -0.1) is 0 Å². The third-order valence-corrected chi connectivity index (χ3v) is 3.97. The largest absolute Gasteiger partial charge is 0.338 e. The van der Waals surface area contributed by atoms with E-state index >= 15 is 0 Å². The highest BCUT2D eigenvalue weighted by Gasteiger charge is 2.07. The fourth-order valence-corrected chi connectivity index (χ4v) is 2.52.